The molecule has 31 heavy (non-hydrogen) atoms. The first-order valence-electron chi connectivity index (χ1n) is 10.7. The summed E-state index contributed by atoms with van der Waals surface area (Å²) < 4.78 is 11.0. The van der Waals surface area contributed by atoms with Crippen molar-refractivity contribution in [2.75, 3.05) is 33.4 Å². The van der Waals surface area contributed by atoms with E-state index in [2.05, 4.69) is 5.32 Å². The van der Waals surface area contributed by atoms with E-state index >= 15 is 0 Å². The van der Waals surface area contributed by atoms with Crippen LogP contribution in [0.3, 0.4) is 0 Å². The number of hydrogen-bond donors (Lipinski definition) is 2. The van der Waals surface area contributed by atoms with E-state index in [0.717, 1.165) is 42.0 Å². The minimum absolute atomic E-state index is 0.0715. The SMILES string of the molecule is CCOc1cc(OC)ccc1CNCC(=O)N1CCCC(c2cccc(C(N)=O)c2)C1. The van der Waals surface area contributed by atoms with Crippen molar-refractivity contribution in [2.24, 2.45) is 5.73 Å². The van der Waals surface area contributed by atoms with Gasteiger partial charge in [-0.25, -0.2) is 0 Å². The quantitative estimate of drug-likeness (QED) is 0.644. The van der Waals surface area contributed by atoms with Crippen LogP contribution in [0.5, 0.6) is 11.5 Å². The number of nitrogens with one attached hydrogen (secondary N) is 1. The van der Waals surface area contributed by atoms with Crippen LogP contribution in [0.2, 0.25) is 0 Å². The number of likely N-dealkylation sites (tertiary alicyclic amines) is 1. The van der Waals surface area contributed by atoms with E-state index in [-0.39, 0.29) is 18.4 Å². The predicted molar refractivity (Wildman–Crippen MR) is 119 cm³/mol. The zero-order chi connectivity index (χ0) is 22.2. The van der Waals surface area contributed by atoms with Gasteiger partial charge in [0.2, 0.25) is 11.8 Å². The first-order valence-corrected chi connectivity index (χ1v) is 10.7. The van der Waals surface area contributed by atoms with Crippen LogP contribution in [0.15, 0.2) is 42.5 Å². The van der Waals surface area contributed by atoms with E-state index in [1.54, 1.807) is 13.2 Å². The van der Waals surface area contributed by atoms with Gasteiger partial charge < -0.3 is 25.4 Å². The minimum Gasteiger partial charge on any atom is -0.497 e. The summed E-state index contributed by atoms with van der Waals surface area (Å²) in [6.45, 7) is 4.68. The number of rotatable bonds is 9. The van der Waals surface area contributed by atoms with Crippen LogP contribution in [0, 0.1) is 0 Å². The van der Waals surface area contributed by atoms with E-state index in [4.69, 9.17) is 15.2 Å². The average molecular weight is 426 g/mol. The van der Waals surface area contributed by atoms with Crippen molar-refractivity contribution in [3.8, 4) is 11.5 Å². The van der Waals surface area contributed by atoms with Crippen LogP contribution in [0.25, 0.3) is 0 Å². The summed E-state index contributed by atoms with van der Waals surface area (Å²) in [5.41, 5.74) is 7.95. The lowest BCUT2D eigenvalue weighted by atomic mass is 9.89. The summed E-state index contributed by atoms with van der Waals surface area (Å²) in [6.07, 6.45) is 1.92. The maximum Gasteiger partial charge on any atom is 0.248 e. The Morgan fingerprint density at radius 2 is 2.06 bits per heavy atom. The second-order valence-electron chi connectivity index (χ2n) is 7.68. The van der Waals surface area contributed by atoms with Gasteiger partial charge in [-0.3, -0.25) is 9.59 Å². The first-order chi connectivity index (χ1) is 15.0. The van der Waals surface area contributed by atoms with Crippen molar-refractivity contribution >= 4 is 11.8 Å². The fourth-order valence-corrected chi connectivity index (χ4v) is 3.94. The molecule has 1 unspecified atom stereocenters. The number of piperidine rings is 1. The zero-order valence-corrected chi connectivity index (χ0v) is 18.2. The molecule has 0 saturated carbocycles. The highest BCUT2D eigenvalue weighted by Crippen LogP contribution is 2.28. The lowest BCUT2D eigenvalue weighted by Gasteiger charge is -2.33. The summed E-state index contributed by atoms with van der Waals surface area (Å²) in [4.78, 5) is 26.2. The van der Waals surface area contributed by atoms with Crippen LogP contribution in [0.1, 0.15) is 47.2 Å². The van der Waals surface area contributed by atoms with Gasteiger partial charge in [0, 0.05) is 42.7 Å². The molecule has 1 aliphatic heterocycles. The number of hydrogen-bond acceptors (Lipinski definition) is 5. The number of benzene rings is 2. The third kappa shape index (κ3) is 5.98. The topological polar surface area (TPSA) is 93.9 Å². The third-order valence-corrected chi connectivity index (χ3v) is 5.58. The number of primary amides is 1. The Kier molecular flexibility index (Phi) is 7.89. The fraction of sp³-hybridized carbons (Fsp3) is 0.417. The van der Waals surface area contributed by atoms with E-state index in [9.17, 15) is 9.59 Å². The predicted octanol–water partition coefficient (Wildman–Crippen LogP) is 2.69. The molecule has 7 heteroatoms. The van der Waals surface area contributed by atoms with Crippen molar-refractivity contribution in [2.45, 2.75) is 32.2 Å². The highest BCUT2D eigenvalue weighted by atomic mass is 16.5. The van der Waals surface area contributed by atoms with E-state index in [0.29, 0.717) is 25.3 Å². The van der Waals surface area contributed by atoms with Gasteiger partial charge >= 0.3 is 0 Å². The largest absolute Gasteiger partial charge is 0.497 e. The number of methoxy groups -OCH3 is 1. The maximum absolute atomic E-state index is 12.8. The normalized spacial score (nSPS) is 16.1. The lowest BCUT2D eigenvalue weighted by molar-refractivity contribution is -0.131. The molecular weight excluding hydrogens is 394 g/mol. The summed E-state index contributed by atoms with van der Waals surface area (Å²) in [5.74, 6) is 1.35. The molecule has 1 fully saturated rings. The van der Waals surface area contributed by atoms with Crippen LogP contribution in [0.4, 0.5) is 0 Å². The lowest BCUT2D eigenvalue weighted by Crippen LogP contribution is -2.43. The zero-order valence-electron chi connectivity index (χ0n) is 18.2. The summed E-state index contributed by atoms with van der Waals surface area (Å²) in [6, 6.07) is 13.1. The van der Waals surface area contributed by atoms with Crippen LogP contribution in [-0.2, 0) is 11.3 Å². The Morgan fingerprint density at radius 1 is 1.23 bits per heavy atom. The van der Waals surface area contributed by atoms with Crippen molar-refractivity contribution in [3.63, 3.8) is 0 Å². The Balaban J connectivity index is 1.56. The number of carbonyl (C=O) groups excluding carboxylic acids is 2. The fourth-order valence-electron chi connectivity index (χ4n) is 3.94. The van der Waals surface area contributed by atoms with Gasteiger partial charge in [-0.2, -0.15) is 0 Å². The smallest absolute Gasteiger partial charge is 0.248 e. The van der Waals surface area contributed by atoms with Crippen LogP contribution in [-0.4, -0.2) is 50.1 Å². The maximum atomic E-state index is 12.8. The highest BCUT2D eigenvalue weighted by molar-refractivity contribution is 5.92. The number of ether oxygens (including phenoxy) is 2. The highest BCUT2D eigenvalue weighted by Gasteiger charge is 2.25. The molecule has 0 aromatic heterocycles. The molecule has 3 rings (SSSR count). The van der Waals surface area contributed by atoms with Crippen molar-refractivity contribution < 1.29 is 19.1 Å². The molecule has 3 N–H and O–H groups in total. The molecule has 1 aliphatic rings. The molecule has 0 radical (unpaired) electrons. The van der Waals surface area contributed by atoms with Crippen LogP contribution >= 0.6 is 0 Å². The number of carbonyl (C=O) groups is 2. The van der Waals surface area contributed by atoms with Gasteiger partial charge in [-0.15, -0.1) is 0 Å². The van der Waals surface area contributed by atoms with Gasteiger partial charge in [-0.05, 0) is 43.5 Å². The van der Waals surface area contributed by atoms with E-state index < -0.39 is 5.91 Å². The van der Waals surface area contributed by atoms with Crippen molar-refractivity contribution in [1.82, 2.24) is 10.2 Å². The Morgan fingerprint density at radius 3 is 2.81 bits per heavy atom. The van der Waals surface area contributed by atoms with Crippen molar-refractivity contribution in [3.05, 3.63) is 59.2 Å². The Bertz CT molecular complexity index is 915. The molecular formula is C24H31N3O4. The molecule has 1 atom stereocenters. The monoisotopic (exact) mass is 425 g/mol. The van der Waals surface area contributed by atoms with Gasteiger partial charge in [-0.1, -0.05) is 18.2 Å². The van der Waals surface area contributed by atoms with Gasteiger partial charge in [0.25, 0.3) is 0 Å². The molecule has 166 valence electrons. The Hall–Kier alpha value is -3.06. The molecule has 0 aliphatic carbocycles. The molecule has 2 aromatic carbocycles. The number of amides is 2. The molecule has 2 amide bonds. The first kappa shape index (κ1) is 22.6. The molecule has 7 nitrogen and oxygen atoms in total. The molecule has 1 saturated heterocycles. The number of nitrogens with zero attached hydrogens (tertiary/aromatic N) is 1. The molecule has 0 spiro atoms. The Labute approximate surface area is 183 Å². The second-order valence-corrected chi connectivity index (χ2v) is 7.68. The van der Waals surface area contributed by atoms with E-state index in [1.165, 1.54) is 0 Å². The molecule has 2 aromatic rings. The van der Waals surface area contributed by atoms with Crippen molar-refractivity contribution in [1.29, 1.82) is 0 Å². The molecule has 1 heterocycles. The summed E-state index contributed by atoms with van der Waals surface area (Å²) in [7, 11) is 1.62. The standard InChI is InChI=1S/C24H31N3O4/c1-3-31-22-13-21(30-2)10-9-19(22)14-26-15-23(28)27-11-5-8-20(16-27)17-6-4-7-18(12-17)24(25)29/h4,6-7,9-10,12-13,20,26H,3,5,8,11,14-16H2,1-2H3,(H2,25,29). The second kappa shape index (κ2) is 10.8. The van der Waals surface area contributed by atoms with E-state index in [1.807, 2.05) is 48.2 Å². The third-order valence-electron chi connectivity index (χ3n) is 5.58. The van der Waals surface area contributed by atoms with Gasteiger partial charge in [0.1, 0.15) is 11.5 Å². The minimum atomic E-state index is -0.431. The number of nitrogens with two attached hydrogens (primary N) is 1. The summed E-state index contributed by atoms with van der Waals surface area (Å²) >= 11 is 0. The van der Waals surface area contributed by atoms with Gasteiger partial charge in [0.15, 0.2) is 0 Å². The van der Waals surface area contributed by atoms with Crippen LogP contribution < -0.4 is 20.5 Å². The van der Waals surface area contributed by atoms with Gasteiger partial charge in [0.05, 0.1) is 20.3 Å². The summed E-state index contributed by atoms with van der Waals surface area (Å²) in [5, 5.41) is 3.24. The molecule has 0 bridgehead atoms. The average Bonchev–Trinajstić information content (AvgIpc) is 2.80.